The number of rotatable bonds is 10. The molecule has 1 heterocycles. The zero-order chi connectivity index (χ0) is 21.5. The SMILES string of the molecule is Cc1nc(NC(=O)CN(CCCN(C)C)C(=O)C[C@H](C)CC(C)(C)C)sc1C. The summed E-state index contributed by atoms with van der Waals surface area (Å²) in [5.41, 5.74) is 1.11. The number of thiazole rings is 1. The standard InChI is InChI=1S/C21H38N4O2S/c1-15(13-21(4,5)6)12-19(27)25(11-9-10-24(7)8)14-18(26)23-20-22-16(2)17(3)28-20/h15H,9-14H2,1-8H3,(H,22,23,26)/t15-/m0/s1. The monoisotopic (exact) mass is 410 g/mol. The maximum atomic E-state index is 12.9. The number of carbonyl (C=O) groups excluding carboxylic acids is 2. The molecular formula is C21H38N4O2S. The van der Waals surface area contributed by atoms with E-state index in [1.165, 1.54) is 11.3 Å². The molecule has 1 atom stereocenters. The number of nitrogens with one attached hydrogen (secondary N) is 1. The quantitative estimate of drug-likeness (QED) is 0.634. The first-order valence-corrected chi connectivity index (χ1v) is 10.9. The van der Waals surface area contributed by atoms with Crippen molar-refractivity contribution >= 4 is 28.3 Å². The van der Waals surface area contributed by atoms with E-state index in [9.17, 15) is 9.59 Å². The van der Waals surface area contributed by atoms with Gasteiger partial charge in [-0.3, -0.25) is 9.59 Å². The summed E-state index contributed by atoms with van der Waals surface area (Å²) in [4.78, 5) is 34.6. The van der Waals surface area contributed by atoms with E-state index in [1.807, 2.05) is 27.9 Å². The molecule has 1 rings (SSSR count). The third-order valence-corrected chi connectivity index (χ3v) is 5.47. The van der Waals surface area contributed by atoms with Crippen molar-refractivity contribution in [3.8, 4) is 0 Å². The van der Waals surface area contributed by atoms with Crippen molar-refractivity contribution in [2.75, 3.05) is 39.0 Å². The summed E-state index contributed by atoms with van der Waals surface area (Å²) in [6.45, 7) is 14.1. The molecule has 1 aromatic heterocycles. The van der Waals surface area contributed by atoms with Crippen molar-refractivity contribution in [1.82, 2.24) is 14.8 Å². The minimum atomic E-state index is -0.185. The van der Waals surface area contributed by atoms with E-state index in [2.05, 4.69) is 42.9 Å². The highest BCUT2D eigenvalue weighted by Crippen LogP contribution is 2.26. The summed E-state index contributed by atoms with van der Waals surface area (Å²) in [5, 5.41) is 3.44. The molecule has 0 spiro atoms. The first kappa shape index (κ1) is 24.6. The summed E-state index contributed by atoms with van der Waals surface area (Å²) in [7, 11) is 4.02. The molecule has 0 aromatic carbocycles. The van der Waals surface area contributed by atoms with Crippen LogP contribution >= 0.6 is 11.3 Å². The van der Waals surface area contributed by atoms with Gasteiger partial charge in [0.2, 0.25) is 11.8 Å². The molecule has 0 fully saturated rings. The van der Waals surface area contributed by atoms with Gasteiger partial charge in [0.25, 0.3) is 0 Å². The van der Waals surface area contributed by atoms with E-state index in [-0.39, 0.29) is 29.7 Å². The molecule has 1 N–H and O–H groups in total. The molecule has 0 radical (unpaired) electrons. The van der Waals surface area contributed by atoms with Crippen molar-refractivity contribution in [3.63, 3.8) is 0 Å². The Morgan fingerprint density at radius 2 is 1.82 bits per heavy atom. The zero-order valence-electron chi connectivity index (χ0n) is 18.9. The number of hydrogen-bond acceptors (Lipinski definition) is 5. The number of anilines is 1. The summed E-state index contributed by atoms with van der Waals surface area (Å²) < 4.78 is 0. The molecule has 0 bridgehead atoms. The van der Waals surface area contributed by atoms with E-state index in [4.69, 9.17) is 0 Å². The molecule has 2 amide bonds. The molecule has 0 saturated carbocycles. The second-order valence-corrected chi connectivity index (χ2v) is 10.5. The van der Waals surface area contributed by atoms with Crippen LogP contribution in [0.15, 0.2) is 0 Å². The van der Waals surface area contributed by atoms with Crippen LogP contribution in [-0.2, 0) is 9.59 Å². The van der Waals surface area contributed by atoms with Gasteiger partial charge in [-0.1, -0.05) is 27.7 Å². The molecule has 0 unspecified atom stereocenters. The van der Waals surface area contributed by atoms with E-state index >= 15 is 0 Å². The van der Waals surface area contributed by atoms with Crippen LogP contribution in [-0.4, -0.2) is 60.3 Å². The van der Waals surface area contributed by atoms with Crippen LogP contribution in [0.25, 0.3) is 0 Å². The number of aryl methyl sites for hydroxylation is 2. The summed E-state index contributed by atoms with van der Waals surface area (Å²) in [6, 6.07) is 0. The summed E-state index contributed by atoms with van der Waals surface area (Å²) in [6.07, 6.45) is 2.30. The summed E-state index contributed by atoms with van der Waals surface area (Å²) >= 11 is 1.46. The third-order valence-electron chi connectivity index (χ3n) is 4.48. The first-order valence-electron chi connectivity index (χ1n) is 10.0. The molecule has 0 saturated heterocycles. The van der Waals surface area contributed by atoms with E-state index in [0.717, 1.165) is 30.0 Å². The average molecular weight is 411 g/mol. The Morgan fingerprint density at radius 1 is 1.18 bits per heavy atom. The van der Waals surface area contributed by atoms with Gasteiger partial charge in [-0.2, -0.15) is 0 Å². The lowest BCUT2D eigenvalue weighted by Crippen LogP contribution is -2.40. The Bertz CT molecular complexity index is 630. The molecule has 6 nitrogen and oxygen atoms in total. The lowest BCUT2D eigenvalue weighted by Gasteiger charge is -2.27. The van der Waals surface area contributed by atoms with Crippen molar-refractivity contribution in [2.45, 2.75) is 60.8 Å². The van der Waals surface area contributed by atoms with Gasteiger partial charge in [0.1, 0.15) is 0 Å². The van der Waals surface area contributed by atoms with Crippen molar-refractivity contribution in [3.05, 3.63) is 10.6 Å². The Balaban J connectivity index is 2.71. The number of carbonyl (C=O) groups is 2. The molecule has 160 valence electrons. The fraction of sp³-hybridized carbons (Fsp3) is 0.762. The summed E-state index contributed by atoms with van der Waals surface area (Å²) in [5.74, 6) is 0.156. The van der Waals surface area contributed by atoms with Crippen LogP contribution in [0.4, 0.5) is 5.13 Å². The second-order valence-electron chi connectivity index (χ2n) is 9.25. The van der Waals surface area contributed by atoms with E-state index < -0.39 is 0 Å². The normalized spacial score (nSPS) is 12.9. The predicted molar refractivity (Wildman–Crippen MR) is 118 cm³/mol. The third kappa shape index (κ3) is 9.64. The highest BCUT2D eigenvalue weighted by molar-refractivity contribution is 7.15. The fourth-order valence-electron chi connectivity index (χ4n) is 3.27. The predicted octanol–water partition coefficient (Wildman–Crippen LogP) is 3.94. The van der Waals surface area contributed by atoms with Crippen LogP contribution in [0.1, 0.15) is 57.5 Å². The van der Waals surface area contributed by atoms with Crippen molar-refractivity contribution in [2.24, 2.45) is 11.3 Å². The van der Waals surface area contributed by atoms with Crippen LogP contribution in [0.5, 0.6) is 0 Å². The largest absolute Gasteiger partial charge is 0.333 e. The van der Waals surface area contributed by atoms with Gasteiger partial charge in [0.15, 0.2) is 5.13 Å². The number of hydrogen-bond donors (Lipinski definition) is 1. The van der Waals surface area contributed by atoms with Gasteiger partial charge in [-0.25, -0.2) is 4.98 Å². The van der Waals surface area contributed by atoms with Crippen molar-refractivity contribution < 1.29 is 9.59 Å². The highest BCUT2D eigenvalue weighted by atomic mass is 32.1. The number of aromatic nitrogens is 1. The van der Waals surface area contributed by atoms with E-state index in [0.29, 0.717) is 18.1 Å². The van der Waals surface area contributed by atoms with E-state index in [1.54, 1.807) is 4.90 Å². The smallest absolute Gasteiger partial charge is 0.245 e. The first-order chi connectivity index (χ1) is 12.9. The van der Waals surface area contributed by atoms with Crippen molar-refractivity contribution in [1.29, 1.82) is 0 Å². The Kier molecular flexibility index (Phi) is 9.57. The minimum Gasteiger partial charge on any atom is -0.333 e. The van der Waals surface area contributed by atoms with Gasteiger partial charge in [0, 0.05) is 17.8 Å². The molecule has 7 heteroatoms. The lowest BCUT2D eigenvalue weighted by molar-refractivity contribution is -0.135. The van der Waals surface area contributed by atoms with Gasteiger partial charge in [-0.05, 0) is 58.7 Å². The molecule has 0 aliphatic rings. The number of nitrogens with zero attached hydrogens (tertiary/aromatic N) is 3. The molecule has 0 aliphatic heterocycles. The zero-order valence-corrected chi connectivity index (χ0v) is 19.7. The topological polar surface area (TPSA) is 65.5 Å². The molecular weight excluding hydrogens is 372 g/mol. The molecule has 0 aliphatic carbocycles. The minimum absolute atomic E-state index is 0.0529. The Hall–Kier alpha value is -1.47. The maximum Gasteiger partial charge on any atom is 0.245 e. The highest BCUT2D eigenvalue weighted by Gasteiger charge is 2.23. The molecule has 1 aromatic rings. The van der Waals surface area contributed by atoms with Crippen LogP contribution < -0.4 is 5.32 Å². The Labute approximate surface area is 174 Å². The van der Waals surface area contributed by atoms with Crippen LogP contribution in [0.2, 0.25) is 0 Å². The molecule has 28 heavy (non-hydrogen) atoms. The van der Waals surface area contributed by atoms with Gasteiger partial charge < -0.3 is 15.1 Å². The van der Waals surface area contributed by atoms with Gasteiger partial charge in [0.05, 0.1) is 12.2 Å². The number of amides is 2. The average Bonchev–Trinajstić information content (AvgIpc) is 2.81. The Morgan fingerprint density at radius 3 is 2.32 bits per heavy atom. The van der Waals surface area contributed by atoms with Crippen LogP contribution in [0.3, 0.4) is 0 Å². The fourth-order valence-corrected chi connectivity index (χ4v) is 4.10. The van der Waals surface area contributed by atoms with Crippen LogP contribution in [0, 0.1) is 25.2 Å². The second kappa shape index (κ2) is 10.9. The maximum absolute atomic E-state index is 12.9. The van der Waals surface area contributed by atoms with Gasteiger partial charge >= 0.3 is 0 Å². The van der Waals surface area contributed by atoms with Gasteiger partial charge in [-0.15, -0.1) is 11.3 Å². The lowest BCUT2D eigenvalue weighted by atomic mass is 9.84.